The Bertz CT molecular complexity index is 2320. The second kappa shape index (κ2) is 15.1. The Morgan fingerprint density at radius 1 is 1.07 bits per heavy atom. The van der Waals surface area contributed by atoms with E-state index in [-0.39, 0.29) is 42.3 Å². The van der Waals surface area contributed by atoms with Crippen LogP contribution in [0.2, 0.25) is 0 Å². The van der Waals surface area contributed by atoms with Crippen molar-refractivity contribution < 1.29 is 41.4 Å². The third-order valence-electron chi connectivity index (χ3n) is 11.6. The lowest BCUT2D eigenvalue weighted by molar-refractivity contribution is -0.138. The predicted octanol–water partition coefficient (Wildman–Crippen LogP) is 5.22. The minimum Gasteiger partial charge on any atom is -0.496 e. The first-order valence-corrected chi connectivity index (χ1v) is 21.7. The van der Waals surface area contributed by atoms with Crippen LogP contribution in [-0.2, 0) is 19.6 Å². The molecule has 304 valence electrons. The van der Waals surface area contributed by atoms with Gasteiger partial charge in [0.2, 0.25) is 27.7 Å². The Labute approximate surface area is 333 Å². The highest BCUT2D eigenvalue weighted by Crippen LogP contribution is 2.58. The van der Waals surface area contributed by atoms with Crippen LogP contribution in [0.5, 0.6) is 11.6 Å². The summed E-state index contributed by atoms with van der Waals surface area (Å²) in [5, 5.41) is 20.8. The van der Waals surface area contributed by atoms with Gasteiger partial charge < -0.3 is 30.1 Å². The molecule has 8 rings (SSSR count). The number of aliphatic hydroxyl groups excluding tert-OH is 1. The van der Waals surface area contributed by atoms with Crippen molar-refractivity contribution >= 4 is 49.6 Å². The Kier molecular flexibility index (Phi) is 10.4. The standard InChI is InChI=1S/C40H46F2N6O7S2/c1-20(2)32-19-56-38(45-32)31-15-29-21(3)34(54-4)10-9-28(29)37(44-31)55-26-14-33(48(18-26)35(49)17-43-25-12-23(41)11-24(42)13-25)36(50)46-40(16-30(40)22-5-6-22)39(51)47-57(52,53)27-7-8-27/h9-13,15,19-20,22,26-27,30,33,39,43,47,51H,5-8,14,16-18H2,1-4H3,(H,46,50). The van der Waals surface area contributed by atoms with Gasteiger partial charge in [-0.1, -0.05) is 13.8 Å². The molecular formula is C40H46F2N6O7S2. The molecule has 2 aromatic carbocycles. The van der Waals surface area contributed by atoms with E-state index in [4.69, 9.17) is 19.4 Å². The molecule has 4 aliphatic rings. The Hall–Kier alpha value is -4.45. The Morgan fingerprint density at radius 2 is 1.81 bits per heavy atom. The van der Waals surface area contributed by atoms with Gasteiger partial charge in [-0.05, 0) is 98.1 Å². The van der Waals surface area contributed by atoms with Crippen LogP contribution in [0.3, 0.4) is 0 Å². The van der Waals surface area contributed by atoms with Gasteiger partial charge in [-0.15, -0.1) is 11.3 Å². The first-order valence-electron chi connectivity index (χ1n) is 19.3. The van der Waals surface area contributed by atoms with Crippen LogP contribution in [-0.4, -0.2) is 89.6 Å². The number of benzene rings is 2. The number of nitrogens with zero attached hydrogens (tertiary/aromatic N) is 3. The Morgan fingerprint density at radius 3 is 2.46 bits per heavy atom. The van der Waals surface area contributed by atoms with E-state index in [1.165, 1.54) is 16.2 Å². The molecule has 4 fully saturated rings. The number of nitrogens with one attached hydrogen (secondary N) is 3. The molecule has 3 heterocycles. The molecule has 0 spiro atoms. The molecule has 5 atom stereocenters. The number of ether oxygens (including phenoxy) is 2. The molecule has 17 heteroatoms. The molecule has 5 unspecified atom stereocenters. The van der Waals surface area contributed by atoms with Gasteiger partial charge in [0.15, 0.2) is 0 Å². The molecule has 1 saturated heterocycles. The SMILES string of the molecule is COc1ccc2c(OC3CC(C(=O)NC4(C(O)NS(=O)(=O)C5CC5)CC4C4CC4)N(C(=O)CNc4cc(F)cc(F)c4)C3)nc(-c3nc(C(C)C)cs3)cc2c1C. The van der Waals surface area contributed by atoms with E-state index in [0.29, 0.717) is 41.1 Å². The maximum absolute atomic E-state index is 14.4. The minimum absolute atomic E-state index is 0.0384. The maximum atomic E-state index is 14.4. The summed E-state index contributed by atoms with van der Waals surface area (Å²) in [4.78, 5) is 39.4. The lowest BCUT2D eigenvalue weighted by Crippen LogP contribution is -2.59. The largest absolute Gasteiger partial charge is 0.496 e. The van der Waals surface area contributed by atoms with Crippen molar-refractivity contribution in [2.45, 2.75) is 94.4 Å². The molecule has 4 aromatic rings. The molecule has 2 amide bonds. The number of carbonyl (C=O) groups is 2. The van der Waals surface area contributed by atoms with Gasteiger partial charge in [0.25, 0.3) is 0 Å². The molecule has 4 N–H and O–H groups in total. The topological polar surface area (TPSA) is 172 Å². The molecule has 0 bridgehead atoms. The van der Waals surface area contributed by atoms with Crippen LogP contribution < -0.4 is 24.8 Å². The zero-order valence-electron chi connectivity index (χ0n) is 32.1. The van der Waals surface area contributed by atoms with E-state index in [9.17, 15) is 31.9 Å². The number of aliphatic hydroxyl groups is 1. The van der Waals surface area contributed by atoms with E-state index in [0.717, 1.165) is 47.7 Å². The Balaban J connectivity index is 1.09. The molecular weight excluding hydrogens is 779 g/mol. The van der Waals surface area contributed by atoms with Gasteiger partial charge in [0.1, 0.15) is 46.5 Å². The number of aromatic nitrogens is 2. The smallest absolute Gasteiger partial charge is 0.243 e. The molecule has 1 aliphatic heterocycles. The number of fused-ring (bicyclic) bond motifs is 1. The normalized spacial score (nSPS) is 23.8. The zero-order valence-corrected chi connectivity index (χ0v) is 33.7. The first-order chi connectivity index (χ1) is 27.1. The highest BCUT2D eigenvalue weighted by molar-refractivity contribution is 7.90. The first kappa shape index (κ1) is 39.4. The number of halogens is 2. The van der Waals surface area contributed by atoms with Gasteiger partial charge in [0.05, 0.1) is 36.7 Å². The van der Waals surface area contributed by atoms with Crippen molar-refractivity contribution in [3.8, 4) is 22.3 Å². The maximum Gasteiger partial charge on any atom is 0.243 e. The zero-order chi connectivity index (χ0) is 40.4. The van der Waals surface area contributed by atoms with Crippen molar-refractivity contribution in [1.82, 2.24) is 24.9 Å². The second-order valence-electron chi connectivity index (χ2n) is 16.0. The number of rotatable bonds is 15. The van der Waals surface area contributed by atoms with Gasteiger partial charge in [-0.2, -0.15) is 4.72 Å². The van der Waals surface area contributed by atoms with Crippen molar-refractivity contribution in [2.75, 3.05) is 25.5 Å². The van der Waals surface area contributed by atoms with Crippen molar-refractivity contribution in [3.05, 3.63) is 64.7 Å². The summed E-state index contributed by atoms with van der Waals surface area (Å²) in [6, 6.07) is 7.35. The molecule has 3 aliphatic carbocycles. The lowest BCUT2D eigenvalue weighted by Gasteiger charge is -2.30. The number of pyridine rings is 1. The monoisotopic (exact) mass is 824 g/mol. The van der Waals surface area contributed by atoms with Gasteiger partial charge in [0, 0.05) is 28.9 Å². The fraction of sp³-hybridized carbons (Fsp3) is 0.500. The van der Waals surface area contributed by atoms with Crippen LogP contribution in [0.25, 0.3) is 21.5 Å². The third kappa shape index (κ3) is 8.03. The number of hydrogen-bond donors (Lipinski definition) is 4. The fourth-order valence-corrected chi connectivity index (χ4v) is 10.4. The van der Waals surface area contributed by atoms with Crippen LogP contribution >= 0.6 is 11.3 Å². The lowest BCUT2D eigenvalue weighted by atomic mass is 10.0. The average Bonchev–Trinajstić information content (AvgIpc) is 4.10. The summed E-state index contributed by atoms with van der Waals surface area (Å²) >= 11 is 1.47. The number of methoxy groups -OCH3 is 1. The molecule has 13 nitrogen and oxygen atoms in total. The number of hydrogen-bond acceptors (Lipinski definition) is 11. The third-order valence-corrected chi connectivity index (χ3v) is 14.3. The number of aryl methyl sites for hydroxylation is 1. The number of thiazole rings is 1. The van der Waals surface area contributed by atoms with Gasteiger partial charge in [-0.25, -0.2) is 27.2 Å². The highest BCUT2D eigenvalue weighted by Gasteiger charge is 2.66. The number of likely N-dealkylation sites (tertiary alicyclic amines) is 1. The summed E-state index contributed by atoms with van der Waals surface area (Å²) in [6.07, 6.45) is 0.960. The van der Waals surface area contributed by atoms with E-state index in [2.05, 4.69) is 29.2 Å². The van der Waals surface area contributed by atoms with Gasteiger partial charge in [-0.3, -0.25) is 9.59 Å². The van der Waals surface area contributed by atoms with Crippen LogP contribution in [0.4, 0.5) is 14.5 Å². The minimum atomic E-state index is -3.79. The summed E-state index contributed by atoms with van der Waals surface area (Å²) in [5.74, 6) is -1.49. The van der Waals surface area contributed by atoms with E-state index >= 15 is 0 Å². The van der Waals surface area contributed by atoms with Crippen LogP contribution in [0, 0.1) is 30.4 Å². The molecule has 3 saturated carbocycles. The summed E-state index contributed by atoms with van der Waals surface area (Å²) in [6.45, 7) is 5.63. The van der Waals surface area contributed by atoms with Crippen LogP contribution in [0.15, 0.2) is 41.8 Å². The fourth-order valence-electron chi connectivity index (χ4n) is 7.97. The van der Waals surface area contributed by atoms with Crippen molar-refractivity contribution in [2.24, 2.45) is 11.8 Å². The van der Waals surface area contributed by atoms with E-state index in [1.54, 1.807) is 7.11 Å². The average molecular weight is 825 g/mol. The van der Waals surface area contributed by atoms with Crippen LogP contribution in [0.1, 0.15) is 69.5 Å². The predicted molar refractivity (Wildman–Crippen MR) is 210 cm³/mol. The molecule has 57 heavy (non-hydrogen) atoms. The quantitative estimate of drug-likeness (QED) is 0.117. The number of anilines is 1. The number of amides is 2. The van der Waals surface area contributed by atoms with Crippen molar-refractivity contribution in [3.63, 3.8) is 0 Å². The molecule has 0 radical (unpaired) electrons. The summed E-state index contributed by atoms with van der Waals surface area (Å²) < 4.78 is 68.4. The summed E-state index contributed by atoms with van der Waals surface area (Å²) in [7, 11) is -2.19. The van der Waals surface area contributed by atoms with E-state index in [1.807, 2.05) is 30.5 Å². The number of sulfonamides is 1. The van der Waals surface area contributed by atoms with E-state index < -0.39 is 69.2 Å². The van der Waals surface area contributed by atoms with Gasteiger partial charge >= 0.3 is 0 Å². The summed E-state index contributed by atoms with van der Waals surface area (Å²) in [5.41, 5.74) is 1.18. The van der Waals surface area contributed by atoms with Crippen molar-refractivity contribution in [1.29, 1.82) is 0 Å². The second-order valence-corrected chi connectivity index (χ2v) is 18.9. The molecule has 2 aromatic heterocycles. The number of carbonyl (C=O) groups excluding carboxylic acids is 2. The highest BCUT2D eigenvalue weighted by atomic mass is 32.2.